The van der Waals surface area contributed by atoms with E-state index in [-0.39, 0.29) is 11.9 Å². The predicted molar refractivity (Wildman–Crippen MR) is 82.0 cm³/mol. The highest BCUT2D eigenvalue weighted by molar-refractivity contribution is 5.96. The number of hydrogen-bond acceptors (Lipinski definition) is 5. The predicted octanol–water partition coefficient (Wildman–Crippen LogP) is 1.54. The van der Waals surface area contributed by atoms with Crippen LogP contribution in [0.15, 0.2) is 36.7 Å². The van der Waals surface area contributed by atoms with Crippen molar-refractivity contribution in [3.63, 3.8) is 0 Å². The molecule has 1 aliphatic rings. The van der Waals surface area contributed by atoms with Gasteiger partial charge in [0, 0.05) is 18.7 Å². The maximum absolute atomic E-state index is 12.5. The number of piperidine rings is 1. The normalized spacial score (nSPS) is 15.4. The number of esters is 1. The molecule has 1 fully saturated rings. The van der Waals surface area contributed by atoms with Crippen molar-refractivity contribution >= 4 is 11.9 Å². The third-order valence-electron chi connectivity index (χ3n) is 4.07. The molecule has 7 nitrogen and oxygen atoms in total. The molecule has 1 amide bonds. The summed E-state index contributed by atoms with van der Waals surface area (Å²) in [6.07, 6.45) is 5.00. The zero-order valence-electron chi connectivity index (χ0n) is 12.9. The highest BCUT2D eigenvalue weighted by atomic mass is 16.5. The van der Waals surface area contributed by atoms with E-state index in [4.69, 9.17) is 0 Å². The molecule has 1 aliphatic heterocycles. The van der Waals surface area contributed by atoms with Gasteiger partial charge in [-0.2, -0.15) is 15.0 Å². The molecular formula is C16H18N4O3. The molecule has 2 heterocycles. The van der Waals surface area contributed by atoms with Gasteiger partial charge in [0.1, 0.15) is 0 Å². The first-order valence-corrected chi connectivity index (χ1v) is 7.52. The lowest BCUT2D eigenvalue weighted by Crippen LogP contribution is -2.39. The molecule has 0 atom stereocenters. The summed E-state index contributed by atoms with van der Waals surface area (Å²) in [6, 6.07) is 6.79. The van der Waals surface area contributed by atoms with Gasteiger partial charge in [-0.25, -0.2) is 4.79 Å². The fourth-order valence-corrected chi connectivity index (χ4v) is 2.76. The number of hydrogen-bond donors (Lipinski definition) is 0. The van der Waals surface area contributed by atoms with E-state index in [9.17, 15) is 9.59 Å². The Morgan fingerprint density at radius 1 is 1.04 bits per heavy atom. The van der Waals surface area contributed by atoms with Crippen molar-refractivity contribution in [1.82, 2.24) is 19.9 Å². The van der Waals surface area contributed by atoms with Crippen LogP contribution in [0.2, 0.25) is 0 Å². The van der Waals surface area contributed by atoms with Crippen LogP contribution in [0, 0.1) is 0 Å². The van der Waals surface area contributed by atoms with Crippen LogP contribution in [0.1, 0.15) is 39.6 Å². The number of likely N-dealkylation sites (tertiary alicyclic amines) is 1. The highest BCUT2D eigenvalue weighted by Gasteiger charge is 2.25. The average Bonchev–Trinajstić information content (AvgIpc) is 3.15. The van der Waals surface area contributed by atoms with Gasteiger partial charge in [-0.1, -0.05) is 0 Å². The van der Waals surface area contributed by atoms with Gasteiger partial charge < -0.3 is 9.64 Å². The third kappa shape index (κ3) is 3.23. The van der Waals surface area contributed by atoms with Gasteiger partial charge in [0.15, 0.2) is 0 Å². The van der Waals surface area contributed by atoms with Crippen LogP contribution in [-0.4, -0.2) is 52.0 Å². The number of amides is 1. The van der Waals surface area contributed by atoms with Crippen LogP contribution in [0.3, 0.4) is 0 Å². The molecule has 23 heavy (non-hydrogen) atoms. The van der Waals surface area contributed by atoms with E-state index in [1.807, 2.05) is 4.90 Å². The second-order valence-corrected chi connectivity index (χ2v) is 5.44. The van der Waals surface area contributed by atoms with E-state index in [1.54, 1.807) is 41.5 Å². The van der Waals surface area contributed by atoms with E-state index in [1.165, 1.54) is 7.11 Å². The van der Waals surface area contributed by atoms with Crippen molar-refractivity contribution in [3.8, 4) is 0 Å². The van der Waals surface area contributed by atoms with Crippen molar-refractivity contribution in [1.29, 1.82) is 0 Å². The summed E-state index contributed by atoms with van der Waals surface area (Å²) in [5, 5.41) is 8.32. The number of nitrogens with zero attached hydrogens (tertiary/aromatic N) is 4. The summed E-state index contributed by atoms with van der Waals surface area (Å²) in [7, 11) is 1.33. The largest absolute Gasteiger partial charge is 0.465 e. The van der Waals surface area contributed by atoms with Crippen LogP contribution in [0.5, 0.6) is 0 Å². The Labute approximate surface area is 133 Å². The second-order valence-electron chi connectivity index (χ2n) is 5.44. The molecule has 0 radical (unpaired) electrons. The van der Waals surface area contributed by atoms with Crippen molar-refractivity contribution in [3.05, 3.63) is 47.8 Å². The molecule has 0 N–H and O–H groups in total. The molecule has 1 aromatic heterocycles. The summed E-state index contributed by atoms with van der Waals surface area (Å²) >= 11 is 0. The SMILES string of the molecule is COC(=O)c1ccc(C(=O)N2CCC(n3nccn3)CC2)cc1. The lowest BCUT2D eigenvalue weighted by molar-refractivity contribution is 0.0599. The van der Waals surface area contributed by atoms with Crippen LogP contribution in [0.4, 0.5) is 0 Å². The fraction of sp³-hybridized carbons (Fsp3) is 0.375. The summed E-state index contributed by atoms with van der Waals surface area (Å²) in [4.78, 5) is 27.5. The number of ether oxygens (including phenoxy) is 1. The van der Waals surface area contributed by atoms with Crippen LogP contribution >= 0.6 is 0 Å². The van der Waals surface area contributed by atoms with Gasteiger partial charge in [0.05, 0.1) is 31.1 Å². The first-order valence-electron chi connectivity index (χ1n) is 7.52. The molecule has 2 aromatic rings. The topological polar surface area (TPSA) is 77.3 Å². The maximum Gasteiger partial charge on any atom is 0.337 e. The van der Waals surface area contributed by atoms with Gasteiger partial charge in [0.2, 0.25) is 0 Å². The summed E-state index contributed by atoms with van der Waals surface area (Å²) in [5.41, 5.74) is 1.01. The molecule has 1 aromatic carbocycles. The zero-order valence-corrected chi connectivity index (χ0v) is 12.9. The number of benzene rings is 1. The van der Waals surface area contributed by atoms with Crippen LogP contribution in [0.25, 0.3) is 0 Å². The van der Waals surface area contributed by atoms with E-state index < -0.39 is 5.97 Å². The highest BCUT2D eigenvalue weighted by Crippen LogP contribution is 2.22. The lowest BCUT2D eigenvalue weighted by Gasteiger charge is -2.31. The zero-order chi connectivity index (χ0) is 16.2. The first kappa shape index (κ1) is 15.2. The minimum atomic E-state index is -0.406. The molecular weight excluding hydrogens is 296 g/mol. The van der Waals surface area contributed by atoms with Crippen molar-refractivity contribution in [2.24, 2.45) is 0 Å². The van der Waals surface area contributed by atoms with Gasteiger partial charge in [-0.05, 0) is 37.1 Å². The Hall–Kier alpha value is -2.70. The fourth-order valence-electron chi connectivity index (χ4n) is 2.76. The Morgan fingerprint density at radius 2 is 1.61 bits per heavy atom. The molecule has 1 saturated heterocycles. The number of aromatic nitrogens is 3. The van der Waals surface area contributed by atoms with Crippen LogP contribution in [-0.2, 0) is 4.74 Å². The third-order valence-corrected chi connectivity index (χ3v) is 4.07. The van der Waals surface area contributed by atoms with Crippen molar-refractivity contribution in [2.75, 3.05) is 20.2 Å². The van der Waals surface area contributed by atoms with Crippen molar-refractivity contribution in [2.45, 2.75) is 18.9 Å². The Morgan fingerprint density at radius 3 is 2.17 bits per heavy atom. The number of carbonyl (C=O) groups excluding carboxylic acids is 2. The molecule has 0 aliphatic carbocycles. The minimum Gasteiger partial charge on any atom is -0.465 e. The quantitative estimate of drug-likeness (QED) is 0.803. The molecule has 120 valence electrons. The number of methoxy groups -OCH3 is 1. The molecule has 7 heteroatoms. The molecule has 0 saturated carbocycles. The number of carbonyl (C=O) groups is 2. The van der Waals surface area contributed by atoms with Gasteiger partial charge >= 0.3 is 5.97 Å². The molecule has 0 spiro atoms. The van der Waals surface area contributed by atoms with E-state index in [2.05, 4.69) is 14.9 Å². The monoisotopic (exact) mass is 314 g/mol. The van der Waals surface area contributed by atoms with Gasteiger partial charge in [0.25, 0.3) is 5.91 Å². The average molecular weight is 314 g/mol. The summed E-state index contributed by atoms with van der Waals surface area (Å²) < 4.78 is 4.65. The number of rotatable bonds is 3. The molecule has 0 unspecified atom stereocenters. The Balaban J connectivity index is 1.62. The van der Waals surface area contributed by atoms with Gasteiger partial charge in [-0.15, -0.1) is 0 Å². The van der Waals surface area contributed by atoms with E-state index >= 15 is 0 Å². The molecule has 0 bridgehead atoms. The maximum atomic E-state index is 12.5. The smallest absolute Gasteiger partial charge is 0.337 e. The lowest BCUT2D eigenvalue weighted by atomic mass is 10.0. The Kier molecular flexibility index (Phi) is 4.36. The molecule has 3 rings (SSSR count). The second kappa shape index (κ2) is 6.60. The van der Waals surface area contributed by atoms with E-state index in [0.717, 1.165) is 12.8 Å². The minimum absolute atomic E-state index is 0.0201. The summed E-state index contributed by atoms with van der Waals surface area (Å²) in [5.74, 6) is -0.426. The standard InChI is InChI=1S/C16H18N4O3/c1-23-16(22)13-4-2-12(3-5-13)15(21)19-10-6-14(7-11-19)20-17-8-9-18-20/h2-5,8-9,14H,6-7,10-11H2,1H3. The van der Waals surface area contributed by atoms with Crippen molar-refractivity contribution < 1.29 is 14.3 Å². The Bertz CT molecular complexity index is 674. The van der Waals surface area contributed by atoms with E-state index in [0.29, 0.717) is 24.2 Å². The van der Waals surface area contributed by atoms with Crippen LogP contribution < -0.4 is 0 Å². The van der Waals surface area contributed by atoms with Gasteiger partial charge in [-0.3, -0.25) is 4.79 Å². The summed E-state index contributed by atoms with van der Waals surface area (Å²) in [6.45, 7) is 1.34. The first-order chi connectivity index (χ1) is 11.2.